The number of thiocarbonyl (C=S) groups is 1. The summed E-state index contributed by atoms with van der Waals surface area (Å²) in [6.07, 6.45) is 1.68. The molecule has 0 saturated carbocycles. The van der Waals surface area contributed by atoms with Crippen LogP contribution in [-0.2, 0) is 0 Å². The van der Waals surface area contributed by atoms with E-state index in [-0.39, 0.29) is 5.11 Å². The molecule has 2 aromatic rings. The summed E-state index contributed by atoms with van der Waals surface area (Å²) in [4.78, 5) is 0. The first kappa shape index (κ1) is 14.1. The molecule has 0 fully saturated rings. The second kappa shape index (κ2) is 6.21. The summed E-state index contributed by atoms with van der Waals surface area (Å²) in [5.41, 5.74) is 10.9. The molecule has 0 saturated heterocycles. The molecule has 0 atom stereocenters. The van der Waals surface area contributed by atoms with Gasteiger partial charge in [0.2, 0.25) is 0 Å². The van der Waals surface area contributed by atoms with E-state index in [1.165, 1.54) is 0 Å². The molecule has 2 rings (SSSR count). The molecular weight excluding hydrogens is 272 g/mol. The lowest BCUT2D eigenvalue weighted by molar-refractivity contribution is 0.414. The third-order valence-electron chi connectivity index (χ3n) is 2.81. The molecular formula is C14H16N4OS. The van der Waals surface area contributed by atoms with Gasteiger partial charge in [0.1, 0.15) is 5.75 Å². The Morgan fingerprint density at radius 1 is 1.30 bits per heavy atom. The first-order valence-electron chi connectivity index (χ1n) is 6.03. The molecule has 0 aliphatic heterocycles. The number of rotatable bonds is 4. The number of hydrogen-bond acceptors (Lipinski definition) is 3. The minimum absolute atomic E-state index is 0.139. The van der Waals surface area contributed by atoms with E-state index < -0.39 is 0 Å². The van der Waals surface area contributed by atoms with Crippen molar-refractivity contribution in [2.75, 3.05) is 7.11 Å². The molecule has 104 valence electrons. The fourth-order valence-corrected chi connectivity index (χ4v) is 1.96. The molecule has 3 N–H and O–H groups in total. The summed E-state index contributed by atoms with van der Waals surface area (Å²) in [5.74, 6) is 0.823. The third kappa shape index (κ3) is 3.16. The number of hydrogen-bond donors (Lipinski definition) is 2. The molecule has 6 heteroatoms. The van der Waals surface area contributed by atoms with Crippen LogP contribution in [-0.4, -0.2) is 23.0 Å². The monoisotopic (exact) mass is 288 g/mol. The molecule has 0 aliphatic rings. The lowest BCUT2D eigenvalue weighted by Gasteiger charge is -2.10. The number of hydrazone groups is 1. The van der Waals surface area contributed by atoms with Crippen LogP contribution in [0.5, 0.6) is 5.75 Å². The second-order valence-electron chi connectivity index (χ2n) is 4.17. The molecule has 0 amide bonds. The van der Waals surface area contributed by atoms with Gasteiger partial charge in [0.15, 0.2) is 5.11 Å². The van der Waals surface area contributed by atoms with Gasteiger partial charge in [0, 0.05) is 11.4 Å². The van der Waals surface area contributed by atoms with E-state index in [1.54, 1.807) is 13.3 Å². The first-order chi connectivity index (χ1) is 9.61. The average molecular weight is 288 g/mol. The van der Waals surface area contributed by atoms with Gasteiger partial charge in [-0.05, 0) is 55.5 Å². The van der Waals surface area contributed by atoms with Crippen molar-refractivity contribution in [2.45, 2.75) is 6.92 Å². The molecule has 1 aromatic heterocycles. The SMILES string of the molecule is COc1ccc(-n2c(C)ccc2/C=N/NC(N)=S)cc1. The summed E-state index contributed by atoms with van der Waals surface area (Å²) in [6, 6.07) is 11.8. The zero-order valence-corrected chi connectivity index (χ0v) is 12.1. The lowest BCUT2D eigenvalue weighted by Crippen LogP contribution is -2.24. The van der Waals surface area contributed by atoms with Crippen LogP contribution in [0.2, 0.25) is 0 Å². The minimum Gasteiger partial charge on any atom is -0.497 e. The summed E-state index contributed by atoms with van der Waals surface area (Å²) in [7, 11) is 1.65. The van der Waals surface area contributed by atoms with Gasteiger partial charge in [-0.25, -0.2) is 0 Å². The fraction of sp³-hybridized carbons (Fsp3) is 0.143. The number of nitrogens with zero attached hydrogens (tertiary/aromatic N) is 2. The van der Waals surface area contributed by atoms with E-state index in [2.05, 4.69) is 15.1 Å². The molecule has 0 radical (unpaired) electrons. The molecule has 0 bridgehead atoms. The smallest absolute Gasteiger partial charge is 0.184 e. The number of nitrogens with two attached hydrogens (primary N) is 1. The molecule has 1 aromatic carbocycles. The average Bonchev–Trinajstić information content (AvgIpc) is 2.80. The van der Waals surface area contributed by atoms with Crippen molar-refractivity contribution in [1.29, 1.82) is 0 Å². The van der Waals surface area contributed by atoms with Crippen molar-refractivity contribution in [2.24, 2.45) is 10.8 Å². The molecule has 1 heterocycles. The van der Waals surface area contributed by atoms with Gasteiger partial charge in [-0.15, -0.1) is 0 Å². The molecule has 0 spiro atoms. The Morgan fingerprint density at radius 3 is 2.60 bits per heavy atom. The Morgan fingerprint density at radius 2 is 2.00 bits per heavy atom. The van der Waals surface area contributed by atoms with E-state index in [9.17, 15) is 0 Å². The number of ether oxygens (including phenoxy) is 1. The number of benzene rings is 1. The van der Waals surface area contributed by atoms with Crippen molar-refractivity contribution in [3.05, 3.63) is 47.8 Å². The number of aromatic nitrogens is 1. The van der Waals surface area contributed by atoms with Crippen LogP contribution >= 0.6 is 12.2 Å². The van der Waals surface area contributed by atoms with Crippen molar-refractivity contribution in [1.82, 2.24) is 9.99 Å². The maximum Gasteiger partial charge on any atom is 0.184 e. The van der Waals surface area contributed by atoms with Crippen LogP contribution in [0.25, 0.3) is 5.69 Å². The summed E-state index contributed by atoms with van der Waals surface area (Å²) in [6.45, 7) is 2.03. The Balaban J connectivity index is 2.32. The van der Waals surface area contributed by atoms with Gasteiger partial charge in [0.25, 0.3) is 0 Å². The van der Waals surface area contributed by atoms with E-state index in [1.807, 2.05) is 43.3 Å². The zero-order chi connectivity index (χ0) is 14.5. The van der Waals surface area contributed by atoms with Crippen LogP contribution in [0, 0.1) is 6.92 Å². The van der Waals surface area contributed by atoms with Crippen LogP contribution in [0.15, 0.2) is 41.5 Å². The predicted molar refractivity (Wildman–Crippen MR) is 84.6 cm³/mol. The Bertz CT molecular complexity index is 631. The van der Waals surface area contributed by atoms with E-state index in [4.69, 9.17) is 22.7 Å². The molecule has 20 heavy (non-hydrogen) atoms. The van der Waals surface area contributed by atoms with Crippen molar-refractivity contribution in [3.8, 4) is 11.4 Å². The summed E-state index contributed by atoms with van der Waals surface area (Å²) >= 11 is 4.70. The number of nitrogens with one attached hydrogen (secondary N) is 1. The van der Waals surface area contributed by atoms with E-state index in [0.29, 0.717) is 0 Å². The zero-order valence-electron chi connectivity index (χ0n) is 11.3. The van der Waals surface area contributed by atoms with Gasteiger partial charge in [-0.1, -0.05) is 0 Å². The maximum absolute atomic E-state index is 5.33. The van der Waals surface area contributed by atoms with Crippen molar-refractivity contribution < 1.29 is 4.74 Å². The van der Waals surface area contributed by atoms with E-state index >= 15 is 0 Å². The minimum atomic E-state index is 0.139. The van der Waals surface area contributed by atoms with Gasteiger partial charge in [-0.3, -0.25) is 5.43 Å². The fourth-order valence-electron chi connectivity index (χ4n) is 1.91. The molecule has 0 unspecified atom stereocenters. The Labute approximate surface area is 123 Å². The van der Waals surface area contributed by atoms with Crippen molar-refractivity contribution in [3.63, 3.8) is 0 Å². The maximum atomic E-state index is 5.33. The number of methoxy groups -OCH3 is 1. The van der Waals surface area contributed by atoms with Crippen molar-refractivity contribution >= 4 is 23.5 Å². The van der Waals surface area contributed by atoms with Gasteiger partial charge in [0.05, 0.1) is 19.0 Å². The Hall–Kier alpha value is -2.34. The van der Waals surface area contributed by atoms with Crippen LogP contribution in [0.3, 0.4) is 0 Å². The standard InChI is InChI=1S/C14H16N4OS/c1-10-3-4-12(9-16-17-14(15)20)18(10)11-5-7-13(19-2)8-6-11/h3-9H,1-2H3,(H3,15,17,20)/b16-9+. The third-order valence-corrected chi connectivity index (χ3v) is 2.90. The van der Waals surface area contributed by atoms with Crippen LogP contribution in [0.4, 0.5) is 0 Å². The summed E-state index contributed by atoms with van der Waals surface area (Å²) in [5, 5.41) is 4.13. The highest BCUT2D eigenvalue weighted by Crippen LogP contribution is 2.19. The normalized spacial score (nSPS) is 10.7. The second-order valence-corrected chi connectivity index (χ2v) is 4.61. The Kier molecular flexibility index (Phi) is 4.37. The van der Waals surface area contributed by atoms with Crippen LogP contribution < -0.4 is 15.9 Å². The predicted octanol–water partition coefficient (Wildman–Crippen LogP) is 1.96. The molecule has 5 nitrogen and oxygen atoms in total. The largest absolute Gasteiger partial charge is 0.497 e. The highest BCUT2D eigenvalue weighted by atomic mass is 32.1. The summed E-state index contributed by atoms with van der Waals surface area (Å²) < 4.78 is 7.24. The highest BCUT2D eigenvalue weighted by molar-refractivity contribution is 7.80. The van der Waals surface area contributed by atoms with Gasteiger partial charge < -0.3 is 15.0 Å². The first-order valence-corrected chi connectivity index (χ1v) is 6.44. The quantitative estimate of drug-likeness (QED) is 0.513. The van der Waals surface area contributed by atoms with Gasteiger partial charge >= 0.3 is 0 Å². The lowest BCUT2D eigenvalue weighted by atomic mass is 10.3. The molecule has 0 aliphatic carbocycles. The van der Waals surface area contributed by atoms with Gasteiger partial charge in [-0.2, -0.15) is 5.10 Å². The number of aryl methyl sites for hydroxylation is 1. The highest BCUT2D eigenvalue weighted by Gasteiger charge is 2.05. The van der Waals surface area contributed by atoms with E-state index in [0.717, 1.165) is 22.8 Å². The van der Waals surface area contributed by atoms with Crippen LogP contribution in [0.1, 0.15) is 11.4 Å². The topological polar surface area (TPSA) is 64.6 Å².